The Hall–Kier alpha value is -1.97. The van der Waals surface area contributed by atoms with Crippen LogP contribution >= 0.6 is 0 Å². The van der Waals surface area contributed by atoms with Gasteiger partial charge < -0.3 is 0 Å². The fourth-order valence-electron chi connectivity index (χ4n) is 1.70. The second-order valence-electron chi connectivity index (χ2n) is 3.68. The molecule has 0 spiro atoms. The van der Waals surface area contributed by atoms with Gasteiger partial charge in [0.25, 0.3) is 0 Å². The van der Waals surface area contributed by atoms with Gasteiger partial charge in [-0.15, -0.1) is 0 Å². The van der Waals surface area contributed by atoms with Crippen molar-refractivity contribution in [2.24, 2.45) is 5.16 Å². The second-order valence-corrected chi connectivity index (χ2v) is 3.68. The summed E-state index contributed by atoms with van der Waals surface area (Å²) < 4.78 is 0. The molecule has 1 atom stereocenters. The zero-order valence-electron chi connectivity index (χ0n) is 9.54. The van der Waals surface area contributed by atoms with E-state index in [4.69, 9.17) is 4.84 Å². The number of aromatic nitrogens is 1. The molecule has 0 N–H and O–H groups in total. The summed E-state index contributed by atoms with van der Waals surface area (Å²) in [6.07, 6.45) is 5.96. The average molecular weight is 224 g/mol. The molecule has 84 valence electrons. The zero-order valence-corrected chi connectivity index (χ0v) is 9.54. The van der Waals surface area contributed by atoms with E-state index in [2.05, 4.69) is 23.2 Å². The molecule has 0 aromatic carbocycles. The number of hydrogen-bond acceptors (Lipinski definition) is 3. The van der Waals surface area contributed by atoms with Crippen LogP contribution in [-0.2, 0) is 4.84 Å². The molecule has 1 aliphatic rings. The molecule has 1 aliphatic heterocycles. The first kappa shape index (κ1) is 11.5. The fourth-order valence-corrected chi connectivity index (χ4v) is 1.70. The van der Waals surface area contributed by atoms with Crippen LogP contribution in [-0.4, -0.2) is 30.2 Å². The van der Waals surface area contributed by atoms with E-state index in [1.807, 2.05) is 18.1 Å². The molecule has 0 radical (unpaired) electrons. The first-order valence-corrected chi connectivity index (χ1v) is 5.43. The second kappa shape index (κ2) is 5.39. The van der Waals surface area contributed by atoms with E-state index >= 15 is 0 Å². The molecule has 0 bridgehead atoms. The Morgan fingerprint density at radius 2 is 2.47 bits per heavy atom. The van der Waals surface area contributed by atoms with Gasteiger partial charge in [0, 0.05) is 0 Å². The van der Waals surface area contributed by atoms with Gasteiger partial charge in [0.1, 0.15) is 0 Å². The van der Waals surface area contributed by atoms with Crippen molar-refractivity contribution in [3.8, 4) is 0 Å². The van der Waals surface area contributed by atoms with Gasteiger partial charge in [0.15, 0.2) is 0 Å². The Morgan fingerprint density at radius 3 is 3.12 bits per heavy atom. The molecular formula is C13H13BN2O. The van der Waals surface area contributed by atoms with Gasteiger partial charge in [-0.05, 0) is 0 Å². The molecule has 0 fully saturated rings. The SMILES string of the molecule is C=B/C=C(\C=C)C1CC(c2cccnc2)=NO1. The van der Waals surface area contributed by atoms with Crippen LogP contribution < -0.4 is 0 Å². The van der Waals surface area contributed by atoms with Gasteiger partial charge in [0.05, 0.1) is 0 Å². The van der Waals surface area contributed by atoms with E-state index in [0.29, 0.717) is 0 Å². The Labute approximate surface area is 101 Å². The number of oxime groups is 1. The molecule has 0 saturated carbocycles. The van der Waals surface area contributed by atoms with Gasteiger partial charge in [-0.2, -0.15) is 0 Å². The van der Waals surface area contributed by atoms with Crippen LogP contribution in [0.25, 0.3) is 0 Å². The third-order valence-electron chi connectivity index (χ3n) is 2.58. The topological polar surface area (TPSA) is 34.5 Å². The van der Waals surface area contributed by atoms with Crippen molar-refractivity contribution in [3.05, 3.63) is 54.3 Å². The van der Waals surface area contributed by atoms with Crippen molar-refractivity contribution < 1.29 is 4.84 Å². The first-order valence-electron chi connectivity index (χ1n) is 5.43. The molecule has 0 saturated heterocycles. The molecule has 1 unspecified atom stereocenters. The Bertz CT molecular complexity index is 479. The van der Waals surface area contributed by atoms with Crippen molar-refractivity contribution in [1.29, 1.82) is 0 Å². The first-order chi connectivity index (χ1) is 8.35. The van der Waals surface area contributed by atoms with Crippen LogP contribution in [0.15, 0.2) is 53.9 Å². The summed E-state index contributed by atoms with van der Waals surface area (Å²) in [5.41, 5.74) is 2.90. The predicted octanol–water partition coefficient (Wildman–Crippen LogP) is 1.78. The number of hydrogen-bond donors (Lipinski definition) is 0. The molecule has 3 nitrogen and oxygen atoms in total. The molecule has 1 aromatic rings. The van der Waals surface area contributed by atoms with Crippen LogP contribution in [0.1, 0.15) is 12.0 Å². The number of nitrogens with zero attached hydrogens (tertiary/aromatic N) is 2. The molecule has 0 aliphatic carbocycles. The number of pyridine rings is 1. The summed E-state index contributed by atoms with van der Waals surface area (Å²) >= 11 is 0. The minimum atomic E-state index is -0.0688. The zero-order chi connectivity index (χ0) is 12.1. The van der Waals surface area contributed by atoms with Gasteiger partial charge in [-0.1, -0.05) is 0 Å². The molecule has 2 heterocycles. The van der Waals surface area contributed by atoms with Crippen molar-refractivity contribution in [2.75, 3.05) is 0 Å². The van der Waals surface area contributed by atoms with Crippen LogP contribution in [0.4, 0.5) is 0 Å². The Balaban J connectivity index is 2.11. The predicted molar refractivity (Wildman–Crippen MR) is 71.4 cm³/mol. The van der Waals surface area contributed by atoms with E-state index in [-0.39, 0.29) is 6.10 Å². The monoisotopic (exact) mass is 224 g/mol. The molecule has 1 aromatic heterocycles. The van der Waals surface area contributed by atoms with Crippen molar-refractivity contribution in [2.45, 2.75) is 12.5 Å². The van der Waals surface area contributed by atoms with Crippen molar-refractivity contribution in [1.82, 2.24) is 4.98 Å². The molecule has 0 amide bonds. The van der Waals surface area contributed by atoms with Gasteiger partial charge in [-0.3, -0.25) is 0 Å². The van der Waals surface area contributed by atoms with Gasteiger partial charge in [-0.25, -0.2) is 0 Å². The molecular weight excluding hydrogens is 211 g/mol. The Morgan fingerprint density at radius 1 is 1.59 bits per heavy atom. The van der Waals surface area contributed by atoms with E-state index in [9.17, 15) is 0 Å². The van der Waals surface area contributed by atoms with E-state index < -0.39 is 0 Å². The quantitative estimate of drug-likeness (QED) is 0.577. The number of rotatable bonds is 4. The third kappa shape index (κ3) is 2.59. The summed E-state index contributed by atoms with van der Waals surface area (Å²) in [5.74, 6) is 1.89. The van der Waals surface area contributed by atoms with Crippen LogP contribution in [0.3, 0.4) is 0 Å². The maximum atomic E-state index is 5.40. The normalized spacial score (nSPS) is 19.2. The van der Waals surface area contributed by atoms with E-state index in [1.165, 1.54) is 0 Å². The molecule has 2 rings (SSSR count). The summed E-state index contributed by atoms with van der Waals surface area (Å²) in [4.78, 5) is 9.47. The molecule has 17 heavy (non-hydrogen) atoms. The minimum absolute atomic E-state index is 0.0688. The Kier molecular flexibility index (Phi) is 3.65. The molecule has 4 heteroatoms. The van der Waals surface area contributed by atoms with Crippen LogP contribution in [0.2, 0.25) is 0 Å². The summed E-state index contributed by atoms with van der Waals surface area (Å²) in [6.45, 7) is 9.16. The maximum absolute atomic E-state index is 5.40. The summed E-state index contributed by atoms with van der Waals surface area (Å²) in [7, 11) is 0. The average Bonchev–Trinajstić information content (AvgIpc) is 2.86. The summed E-state index contributed by atoms with van der Waals surface area (Å²) in [6, 6.07) is 3.86. The van der Waals surface area contributed by atoms with Gasteiger partial charge in [0.2, 0.25) is 0 Å². The van der Waals surface area contributed by atoms with Gasteiger partial charge >= 0.3 is 101 Å². The van der Waals surface area contributed by atoms with E-state index in [1.54, 1.807) is 25.4 Å². The van der Waals surface area contributed by atoms with Crippen molar-refractivity contribution in [3.63, 3.8) is 0 Å². The standard InChI is InChI=1S/C13H13BN2O/c1-3-10(8-14-2)13-7-12(16-17-13)11-5-4-6-15-9-11/h3-6,8-9,13H,1-2,7H2/b10-8+. The van der Waals surface area contributed by atoms with Crippen LogP contribution in [0, 0.1) is 0 Å². The summed E-state index contributed by atoms with van der Waals surface area (Å²) in [5, 5.41) is 4.09. The van der Waals surface area contributed by atoms with Crippen molar-refractivity contribution >= 4 is 19.1 Å². The van der Waals surface area contributed by atoms with E-state index in [0.717, 1.165) is 23.3 Å². The van der Waals surface area contributed by atoms with Crippen LogP contribution in [0.5, 0.6) is 0 Å². The fraction of sp³-hybridized carbons (Fsp3) is 0.154. The third-order valence-corrected chi connectivity index (χ3v) is 2.58.